The van der Waals surface area contributed by atoms with Crippen LogP contribution in [0.4, 0.5) is 8.78 Å². The normalized spacial score (nSPS) is 44.0. The van der Waals surface area contributed by atoms with Crippen LogP contribution in [0.3, 0.4) is 0 Å². The molecule has 9 heavy (non-hydrogen) atoms. The Morgan fingerprint density at radius 3 is 2.56 bits per heavy atom. The second-order valence-corrected chi connectivity index (χ2v) is 2.50. The van der Waals surface area contributed by atoms with E-state index in [1.807, 2.05) is 0 Å². The average Bonchev–Trinajstić information content (AvgIpc) is 2.19. The molecule has 1 amide bonds. The molecule has 1 aliphatic heterocycles. The lowest BCUT2D eigenvalue weighted by Crippen LogP contribution is -2.25. The fourth-order valence-electron chi connectivity index (χ4n) is 1.32. The van der Waals surface area contributed by atoms with E-state index in [4.69, 9.17) is 0 Å². The van der Waals surface area contributed by atoms with Gasteiger partial charge in [-0.05, 0) is 0 Å². The summed E-state index contributed by atoms with van der Waals surface area (Å²) in [5.41, 5.74) is 0. The van der Waals surface area contributed by atoms with Gasteiger partial charge in [0.25, 0.3) is 5.92 Å². The highest BCUT2D eigenvalue weighted by Crippen LogP contribution is 2.57. The molecule has 0 radical (unpaired) electrons. The number of halogens is 2. The lowest BCUT2D eigenvalue weighted by Gasteiger charge is -1.99. The van der Waals surface area contributed by atoms with Crippen molar-refractivity contribution in [2.45, 2.75) is 5.92 Å². The zero-order valence-electron chi connectivity index (χ0n) is 4.53. The Kier molecular flexibility index (Phi) is 0.629. The fraction of sp³-hybridized carbons (Fsp3) is 0.800. The second kappa shape index (κ2) is 1.10. The zero-order chi connectivity index (χ0) is 6.65. The van der Waals surface area contributed by atoms with Gasteiger partial charge in [-0.3, -0.25) is 4.79 Å². The van der Waals surface area contributed by atoms with E-state index in [1.165, 1.54) is 0 Å². The van der Waals surface area contributed by atoms with Crippen molar-refractivity contribution < 1.29 is 13.6 Å². The van der Waals surface area contributed by atoms with Crippen molar-refractivity contribution in [3.05, 3.63) is 0 Å². The van der Waals surface area contributed by atoms with Crippen LogP contribution in [0.25, 0.3) is 0 Å². The molecule has 50 valence electrons. The lowest BCUT2D eigenvalue weighted by atomic mass is 10.4. The molecule has 2 aliphatic rings. The maximum absolute atomic E-state index is 12.2. The molecule has 1 aliphatic carbocycles. The van der Waals surface area contributed by atoms with Crippen LogP contribution in [0.15, 0.2) is 0 Å². The van der Waals surface area contributed by atoms with Gasteiger partial charge in [0.2, 0.25) is 5.91 Å². The SMILES string of the molecule is O=C1NCC2C1C2(F)F. The smallest absolute Gasteiger partial charge is 0.265 e. The molecule has 0 aromatic rings. The van der Waals surface area contributed by atoms with E-state index in [-0.39, 0.29) is 6.54 Å². The van der Waals surface area contributed by atoms with Gasteiger partial charge in [-0.2, -0.15) is 0 Å². The van der Waals surface area contributed by atoms with Crippen molar-refractivity contribution in [2.24, 2.45) is 11.8 Å². The third-order valence-electron chi connectivity index (χ3n) is 1.98. The summed E-state index contributed by atoms with van der Waals surface area (Å²) in [4.78, 5) is 10.4. The minimum atomic E-state index is -2.68. The predicted octanol–water partition coefficient (Wildman–Crippen LogP) is -0.00250. The molecule has 4 heteroatoms. The van der Waals surface area contributed by atoms with E-state index in [1.54, 1.807) is 0 Å². The Balaban J connectivity index is 2.23. The number of carbonyl (C=O) groups excluding carboxylic acids is 1. The van der Waals surface area contributed by atoms with Crippen LogP contribution in [0.1, 0.15) is 0 Å². The zero-order valence-corrected chi connectivity index (χ0v) is 4.53. The van der Waals surface area contributed by atoms with Gasteiger partial charge in [0.15, 0.2) is 0 Å². The fourth-order valence-corrected chi connectivity index (χ4v) is 1.32. The molecule has 2 atom stereocenters. The number of fused-ring (bicyclic) bond motifs is 1. The Bertz CT molecular complexity index is 180. The molecule has 2 fully saturated rings. The largest absolute Gasteiger partial charge is 0.355 e. The number of nitrogens with one attached hydrogen (secondary N) is 1. The molecule has 0 spiro atoms. The van der Waals surface area contributed by atoms with Crippen molar-refractivity contribution in [3.8, 4) is 0 Å². The topological polar surface area (TPSA) is 29.1 Å². The summed E-state index contributed by atoms with van der Waals surface area (Å²) in [7, 11) is 0. The van der Waals surface area contributed by atoms with E-state index in [2.05, 4.69) is 5.32 Å². The van der Waals surface area contributed by atoms with Gasteiger partial charge < -0.3 is 5.32 Å². The van der Waals surface area contributed by atoms with Crippen molar-refractivity contribution in [1.82, 2.24) is 5.32 Å². The second-order valence-electron chi connectivity index (χ2n) is 2.50. The molecule has 1 saturated carbocycles. The molecular weight excluding hydrogens is 128 g/mol. The molecule has 0 aromatic carbocycles. The highest BCUT2D eigenvalue weighted by molar-refractivity contribution is 5.86. The van der Waals surface area contributed by atoms with Crippen molar-refractivity contribution >= 4 is 5.91 Å². The molecule has 1 N–H and O–H groups in total. The molecule has 1 heterocycles. The van der Waals surface area contributed by atoms with Crippen molar-refractivity contribution in [3.63, 3.8) is 0 Å². The van der Waals surface area contributed by atoms with E-state index in [0.29, 0.717) is 0 Å². The standard InChI is InChI=1S/C5H5F2NO/c6-5(7)2-1-8-4(9)3(2)5/h2-3H,1H2,(H,8,9). The monoisotopic (exact) mass is 133 g/mol. The number of piperidine rings is 1. The summed E-state index contributed by atoms with van der Waals surface area (Å²) in [6, 6.07) is 0. The number of alkyl halides is 2. The predicted molar refractivity (Wildman–Crippen MR) is 24.9 cm³/mol. The molecule has 0 bridgehead atoms. The Hall–Kier alpha value is -0.670. The first kappa shape index (κ1) is 5.14. The maximum atomic E-state index is 12.2. The summed E-state index contributed by atoms with van der Waals surface area (Å²) >= 11 is 0. The summed E-state index contributed by atoms with van der Waals surface area (Å²) in [5.74, 6) is -4.84. The number of hydrogen-bond acceptors (Lipinski definition) is 1. The molecule has 2 unspecified atom stereocenters. The molecule has 2 rings (SSSR count). The molecule has 0 aromatic heterocycles. The van der Waals surface area contributed by atoms with E-state index in [0.717, 1.165) is 0 Å². The van der Waals surface area contributed by atoms with E-state index < -0.39 is 23.7 Å². The van der Waals surface area contributed by atoms with Gasteiger partial charge in [0.1, 0.15) is 5.92 Å². The Morgan fingerprint density at radius 2 is 2.33 bits per heavy atom. The van der Waals surface area contributed by atoms with Crippen LogP contribution >= 0.6 is 0 Å². The van der Waals surface area contributed by atoms with E-state index in [9.17, 15) is 13.6 Å². The average molecular weight is 133 g/mol. The minimum Gasteiger partial charge on any atom is -0.355 e. The lowest BCUT2D eigenvalue weighted by molar-refractivity contribution is -0.123. The van der Waals surface area contributed by atoms with Crippen LogP contribution in [0, 0.1) is 11.8 Å². The first-order valence-corrected chi connectivity index (χ1v) is 2.79. The summed E-state index contributed by atoms with van der Waals surface area (Å²) in [6.45, 7) is 0.163. The number of hydrogen-bond donors (Lipinski definition) is 1. The summed E-state index contributed by atoms with van der Waals surface area (Å²) in [6.07, 6.45) is 0. The van der Waals surface area contributed by atoms with Gasteiger partial charge in [-0.15, -0.1) is 0 Å². The highest BCUT2D eigenvalue weighted by atomic mass is 19.3. The first-order chi connectivity index (χ1) is 4.14. The van der Waals surface area contributed by atoms with Crippen LogP contribution in [-0.2, 0) is 4.79 Å². The quantitative estimate of drug-likeness (QED) is 0.495. The Labute approximate surface area is 50.2 Å². The van der Waals surface area contributed by atoms with Gasteiger partial charge in [-0.25, -0.2) is 8.78 Å². The first-order valence-electron chi connectivity index (χ1n) is 2.79. The number of rotatable bonds is 0. The highest BCUT2D eigenvalue weighted by Gasteiger charge is 2.74. The molecule has 2 nitrogen and oxygen atoms in total. The number of amides is 1. The van der Waals surface area contributed by atoms with Gasteiger partial charge in [0.05, 0.1) is 5.92 Å². The number of carbonyl (C=O) groups is 1. The van der Waals surface area contributed by atoms with E-state index >= 15 is 0 Å². The van der Waals surface area contributed by atoms with Crippen LogP contribution in [0.2, 0.25) is 0 Å². The van der Waals surface area contributed by atoms with Crippen molar-refractivity contribution in [1.29, 1.82) is 0 Å². The molecular formula is C5H5F2NO. The Morgan fingerprint density at radius 1 is 1.67 bits per heavy atom. The van der Waals surface area contributed by atoms with Crippen LogP contribution in [-0.4, -0.2) is 18.4 Å². The summed E-state index contributed by atoms with van der Waals surface area (Å²) in [5, 5.41) is 2.36. The third-order valence-corrected chi connectivity index (χ3v) is 1.98. The van der Waals surface area contributed by atoms with Crippen LogP contribution < -0.4 is 5.32 Å². The summed E-state index contributed by atoms with van der Waals surface area (Å²) < 4.78 is 24.5. The van der Waals surface area contributed by atoms with Crippen LogP contribution in [0.5, 0.6) is 0 Å². The van der Waals surface area contributed by atoms with Gasteiger partial charge >= 0.3 is 0 Å². The maximum Gasteiger partial charge on any atom is 0.265 e. The van der Waals surface area contributed by atoms with Gasteiger partial charge in [0, 0.05) is 6.54 Å². The minimum absolute atomic E-state index is 0.163. The third kappa shape index (κ3) is 0.418. The van der Waals surface area contributed by atoms with Gasteiger partial charge in [-0.1, -0.05) is 0 Å². The van der Waals surface area contributed by atoms with Crippen molar-refractivity contribution in [2.75, 3.05) is 6.54 Å². The molecule has 1 saturated heterocycles.